The fraction of sp³-hybridized carbons (Fsp3) is 0.242. The number of benzene rings is 3. The Morgan fingerprint density at radius 1 is 0.957 bits per heavy atom. The quantitative estimate of drug-likeness (QED) is 0.143. The predicted octanol–water partition coefficient (Wildman–Crippen LogP) is 2.24. The second-order valence-electron chi connectivity index (χ2n) is 10.8. The third-order valence-electron chi connectivity index (χ3n) is 7.73. The van der Waals surface area contributed by atoms with Crippen LogP contribution in [0.4, 0.5) is 5.69 Å². The summed E-state index contributed by atoms with van der Waals surface area (Å²) in [6.45, 7) is 0.650. The zero-order valence-corrected chi connectivity index (χ0v) is 24.7. The first-order valence-corrected chi connectivity index (χ1v) is 14.5. The second-order valence-corrected chi connectivity index (χ2v) is 10.8. The van der Waals surface area contributed by atoms with Gasteiger partial charge in [0.2, 0.25) is 11.7 Å². The average Bonchev–Trinajstić information content (AvgIpc) is 3.57. The summed E-state index contributed by atoms with van der Waals surface area (Å²) in [5.74, 6) is -3.30. The minimum Gasteiger partial charge on any atom is -0.480 e. The molecule has 0 aliphatic carbocycles. The van der Waals surface area contributed by atoms with Crippen molar-refractivity contribution in [2.24, 2.45) is 5.92 Å². The highest BCUT2D eigenvalue weighted by molar-refractivity contribution is 6.01. The number of carbonyl (C=O) groups excluding carboxylic acids is 2. The maximum Gasteiger partial charge on any atom is 0.370 e. The van der Waals surface area contributed by atoms with E-state index < -0.39 is 60.4 Å². The van der Waals surface area contributed by atoms with Crippen molar-refractivity contribution in [2.45, 2.75) is 31.3 Å². The Balaban J connectivity index is 1.27. The van der Waals surface area contributed by atoms with Crippen LogP contribution in [-0.2, 0) is 14.3 Å². The molecule has 6 N–H and O–H groups in total. The molecule has 13 heteroatoms. The van der Waals surface area contributed by atoms with Crippen molar-refractivity contribution in [3.05, 3.63) is 102 Å². The number of allylic oxidation sites excluding steroid dienone is 1. The van der Waals surface area contributed by atoms with Crippen molar-refractivity contribution in [3.63, 3.8) is 0 Å². The molecule has 46 heavy (non-hydrogen) atoms. The number of hydrogen-bond donors (Lipinski definition) is 6. The Hall–Kier alpha value is -5.37. The number of aliphatic carboxylic acids is 1. The van der Waals surface area contributed by atoms with Crippen LogP contribution in [0.2, 0.25) is 0 Å². The van der Waals surface area contributed by atoms with E-state index in [-0.39, 0.29) is 6.54 Å². The predicted molar refractivity (Wildman–Crippen MR) is 166 cm³/mol. The molecule has 3 aromatic carbocycles. The molecule has 13 nitrogen and oxygen atoms in total. The van der Waals surface area contributed by atoms with Gasteiger partial charge in [-0.2, -0.15) is 0 Å². The summed E-state index contributed by atoms with van der Waals surface area (Å²) in [6, 6.07) is 22.9. The molecule has 238 valence electrons. The molecular formula is C33H33N5O8. The van der Waals surface area contributed by atoms with Gasteiger partial charge in [0.05, 0.1) is 31.1 Å². The van der Waals surface area contributed by atoms with E-state index >= 15 is 0 Å². The topological polar surface area (TPSA) is 196 Å². The van der Waals surface area contributed by atoms with Crippen molar-refractivity contribution >= 4 is 23.5 Å². The largest absolute Gasteiger partial charge is 0.480 e. The number of carbonyl (C=O) groups is 3. The highest BCUT2D eigenvalue weighted by Gasteiger charge is 2.41. The number of carboxylic acid groups (broad SMARTS) is 1. The lowest BCUT2D eigenvalue weighted by Gasteiger charge is -2.37. The van der Waals surface area contributed by atoms with Gasteiger partial charge in [-0.3, -0.25) is 9.59 Å². The van der Waals surface area contributed by atoms with Crippen LogP contribution in [0.3, 0.4) is 0 Å². The molecule has 4 aromatic rings. The van der Waals surface area contributed by atoms with E-state index in [2.05, 4.69) is 20.9 Å². The monoisotopic (exact) mass is 627 g/mol. The number of rotatable bonds is 11. The van der Waals surface area contributed by atoms with Crippen molar-refractivity contribution in [2.75, 3.05) is 18.5 Å². The number of carboxylic acids is 1. The summed E-state index contributed by atoms with van der Waals surface area (Å²) in [5.41, 5.74) is 3.67. The van der Waals surface area contributed by atoms with Crippen LogP contribution in [0, 0.1) is 5.92 Å². The first-order valence-electron chi connectivity index (χ1n) is 14.5. The maximum atomic E-state index is 12.8. The van der Waals surface area contributed by atoms with Crippen molar-refractivity contribution in [1.82, 2.24) is 20.3 Å². The molecule has 0 bridgehead atoms. The van der Waals surface area contributed by atoms with Crippen LogP contribution in [0.15, 0.2) is 96.9 Å². The second kappa shape index (κ2) is 14.2. The fourth-order valence-electron chi connectivity index (χ4n) is 5.20. The minimum absolute atomic E-state index is 0.286. The van der Waals surface area contributed by atoms with Gasteiger partial charge >= 0.3 is 5.97 Å². The summed E-state index contributed by atoms with van der Waals surface area (Å²) in [4.78, 5) is 37.3. The molecule has 0 saturated heterocycles. The van der Waals surface area contributed by atoms with Gasteiger partial charge in [-0.25, -0.2) is 9.48 Å². The summed E-state index contributed by atoms with van der Waals surface area (Å²) in [7, 11) is 0. The van der Waals surface area contributed by atoms with Crippen LogP contribution < -0.4 is 10.6 Å². The van der Waals surface area contributed by atoms with Gasteiger partial charge in [0.25, 0.3) is 5.91 Å². The van der Waals surface area contributed by atoms with Gasteiger partial charge in [-0.1, -0.05) is 72.8 Å². The maximum absolute atomic E-state index is 12.8. The smallest absolute Gasteiger partial charge is 0.370 e. The molecular weight excluding hydrogens is 594 g/mol. The lowest BCUT2D eigenvalue weighted by Crippen LogP contribution is -2.48. The lowest BCUT2D eigenvalue weighted by atomic mass is 9.87. The number of aliphatic hydroxyl groups excluding tert-OH is 3. The van der Waals surface area contributed by atoms with E-state index in [1.165, 1.54) is 10.8 Å². The molecule has 1 aromatic heterocycles. The first-order chi connectivity index (χ1) is 22.2. The van der Waals surface area contributed by atoms with Crippen LogP contribution >= 0.6 is 0 Å². The number of aromatic nitrogens is 3. The summed E-state index contributed by atoms with van der Waals surface area (Å²) in [6.07, 6.45) is -1.41. The third-order valence-corrected chi connectivity index (χ3v) is 7.73. The number of anilines is 1. The number of para-hydroxylation sites is 1. The number of hydrogen-bond acceptors (Lipinski definition) is 9. The number of nitrogens with one attached hydrogen (secondary N) is 2. The molecule has 0 radical (unpaired) electrons. The number of ether oxygens (including phenoxy) is 1. The van der Waals surface area contributed by atoms with Gasteiger partial charge in [-0.15, -0.1) is 5.10 Å². The first kappa shape index (κ1) is 32.0. The van der Waals surface area contributed by atoms with Crippen molar-refractivity contribution in [1.29, 1.82) is 0 Å². The zero-order chi connectivity index (χ0) is 32.8. The van der Waals surface area contributed by atoms with Crippen LogP contribution in [-0.4, -0.2) is 84.7 Å². The standard InChI is InChI=1S/C33H33N5O8/c1-19-26(15-28(33(44)45)46-31(19)30(42)27(40)18-39)38-17-25(36-37-38)23-9-5-6-10-24(23)35-29(41)16-34-32(43)22-13-11-21(12-14-22)20-7-3-2-4-8-20/h2-15,17,19,26-27,30-31,39-40,42H,16,18H2,1H3,(H,34,43)(H,35,41)(H,44,45)/t19-,26+,27-,30-,31-/m1/s1. The van der Waals surface area contributed by atoms with Crippen LogP contribution in [0.25, 0.3) is 22.4 Å². The molecule has 0 spiro atoms. The van der Waals surface area contributed by atoms with Gasteiger partial charge in [-0.05, 0) is 35.4 Å². The Labute approximate surface area is 263 Å². The molecule has 0 unspecified atom stereocenters. The summed E-state index contributed by atoms with van der Waals surface area (Å²) < 4.78 is 6.85. The number of amides is 2. The Bertz CT molecular complexity index is 1720. The Morgan fingerprint density at radius 2 is 1.63 bits per heavy atom. The highest BCUT2D eigenvalue weighted by atomic mass is 16.5. The van der Waals surface area contributed by atoms with E-state index in [1.807, 2.05) is 42.5 Å². The van der Waals surface area contributed by atoms with Gasteiger partial charge in [0.1, 0.15) is 24.0 Å². The SMILES string of the molecule is C[C@H]1[C@H]([C@H](O)[C@H](O)CO)OC(C(=O)O)=C[C@@H]1n1cc(-c2ccccc2NC(=O)CNC(=O)c2ccc(-c3ccccc3)cc2)nn1. The number of aliphatic hydroxyl groups is 3. The highest BCUT2D eigenvalue weighted by Crippen LogP contribution is 2.35. The molecule has 0 fully saturated rings. The number of nitrogens with zero attached hydrogens (tertiary/aromatic N) is 3. The molecule has 5 rings (SSSR count). The summed E-state index contributed by atoms with van der Waals surface area (Å²) in [5, 5.41) is 53.1. The van der Waals surface area contributed by atoms with Gasteiger partial charge in [0.15, 0.2) is 0 Å². The van der Waals surface area contributed by atoms with Crippen molar-refractivity contribution < 1.29 is 39.5 Å². The molecule has 1 aliphatic heterocycles. The third kappa shape index (κ3) is 7.12. The van der Waals surface area contributed by atoms with Gasteiger partial charge in [0, 0.05) is 17.0 Å². The molecule has 5 atom stereocenters. The molecule has 1 aliphatic rings. The van der Waals surface area contributed by atoms with E-state index in [4.69, 9.17) is 4.74 Å². The van der Waals surface area contributed by atoms with Crippen LogP contribution in [0.5, 0.6) is 0 Å². The van der Waals surface area contributed by atoms with E-state index in [0.29, 0.717) is 22.5 Å². The lowest BCUT2D eigenvalue weighted by molar-refractivity contribution is -0.148. The van der Waals surface area contributed by atoms with Crippen molar-refractivity contribution in [3.8, 4) is 22.4 Å². The Morgan fingerprint density at radius 3 is 2.33 bits per heavy atom. The molecule has 0 saturated carbocycles. The summed E-state index contributed by atoms with van der Waals surface area (Å²) >= 11 is 0. The fourth-order valence-corrected chi connectivity index (χ4v) is 5.20. The molecule has 2 heterocycles. The normalized spacial score (nSPS) is 18.9. The van der Waals surface area contributed by atoms with Gasteiger partial charge < -0.3 is 35.8 Å². The van der Waals surface area contributed by atoms with E-state index in [0.717, 1.165) is 11.1 Å². The average molecular weight is 628 g/mol. The Kier molecular flexibility index (Phi) is 9.86. The minimum atomic E-state index is -1.57. The van der Waals surface area contributed by atoms with Crippen LogP contribution in [0.1, 0.15) is 23.3 Å². The van der Waals surface area contributed by atoms with E-state index in [1.54, 1.807) is 49.5 Å². The molecule has 2 amide bonds. The van der Waals surface area contributed by atoms with E-state index in [9.17, 15) is 34.8 Å². The zero-order valence-electron chi connectivity index (χ0n) is 24.7.